The minimum absolute atomic E-state index is 0.0227. The first-order valence-corrected chi connectivity index (χ1v) is 6.86. The Balaban J connectivity index is 2.36. The van der Waals surface area contributed by atoms with Crippen molar-refractivity contribution in [3.63, 3.8) is 0 Å². The van der Waals surface area contributed by atoms with Crippen LogP contribution in [-0.4, -0.2) is 10.2 Å². The van der Waals surface area contributed by atoms with E-state index in [1.165, 1.54) is 11.3 Å². The highest BCUT2D eigenvalue weighted by Gasteiger charge is 2.15. The van der Waals surface area contributed by atoms with Crippen molar-refractivity contribution in [2.45, 2.75) is 13.8 Å². The highest BCUT2D eigenvalue weighted by atomic mass is 32.1. The van der Waals surface area contributed by atoms with Gasteiger partial charge in [-0.05, 0) is 25.0 Å². The molecule has 0 atom stereocenters. The summed E-state index contributed by atoms with van der Waals surface area (Å²) in [6.07, 6.45) is 15.8. The molecule has 0 fully saturated rings. The smallest absolute Gasteiger partial charge is 0.176 e. The largest absolute Gasteiger partial charge is 0.503 e. The minimum atomic E-state index is -0.0370. The van der Waals surface area contributed by atoms with Crippen molar-refractivity contribution < 1.29 is 10.2 Å². The number of allylic oxidation sites excluding steroid dienone is 10. The Morgan fingerprint density at radius 2 is 1.79 bits per heavy atom. The summed E-state index contributed by atoms with van der Waals surface area (Å²) in [6.45, 7) is 3.77. The maximum absolute atomic E-state index is 9.90. The molecule has 3 heteroatoms. The van der Waals surface area contributed by atoms with Crippen LogP contribution in [0.5, 0.6) is 11.5 Å². The zero-order chi connectivity index (χ0) is 13.8. The molecule has 0 bridgehead atoms. The molecule has 0 unspecified atom stereocenters. The molecule has 1 heterocycles. The third-order valence-corrected chi connectivity index (χ3v) is 3.91. The second kappa shape index (κ2) is 5.76. The molecule has 0 saturated heterocycles. The zero-order valence-electron chi connectivity index (χ0n) is 10.9. The standard InChI is InChI=1S/C16H16O2S/c1-3-6-12-7-4-9-13(10-5-8-12)16-15(18)14(17)11(2)19-16/h3-10,17-18H,1-2H3/b6-3+,7-4?,8-5?,9-4?,10-5?,12-7?,12-8?,13-9?,13-10?. The van der Waals surface area contributed by atoms with Gasteiger partial charge in [-0.2, -0.15) is 0 Å². The van der Waals surface area contributed by atoms with E-state index < -0.39 is 0 Å². The summed E-state index contributed by atoms with van der Waals surface area (Å²) in [6, 6.07) is 0. The molecule has 1 aromatic heterocycles. The summed E-state index contributed by atoms with van der Waals surface area (Å²) < 4.78 is 0. The number of thiophene rings is 1. The van der Waals surface area contributed by atoms with Crippen molar-refractivity contribution in [1.29, 1.82) is 0 Å². The molecule has 2 rings (SSSR count). The van der Waals surface area contributed by atoms with E-state index in [9.17, 15) is 10.2 Å². The highest BCUT2D eigenvalue weighted by molar-refractivity contribution is 7.13. The molecule has 19 heavy (non-hydrogen) atoms. The number of aromatic hydroxyl groups is 2. The molecule has 1 aliphatic rings. The first kappa shape index (κ1) is 13.4. The van der Waals surface area contributed by atoms with Gasteiger partial charge in [-0.3, -0.25) is 0 Å². The number of hydrogen-bond acceptors (Lipinski definition) is 3. The van der Waals surface area contributed by atoms with Crippen LogP contribution >= 0.6 is 11.3 Å². The Morgan fingerprint density at radius 3 is 2.42 bits per heavy atom. The van der Waals surface area contributed by atoms with Crippen LogP contribution in [0.25, 0.3) is 5.57 Å². The van der Waals surface area contributed by atoms with Gasteiger partial charge in [0.1, 0.15) is 0 Å². The molecule has 1 aromatic rings. The van der Waals surface area contributed by atoms with Crippen molar-refractivity contribution in [2.75, 3.05) is 0 Å². The Labute approximate surface area is 117 Å². The lowest BCUT2D eigenvalue weighted by Gasteiger charge is -2.01. The van der Waals surface area contributed by atoms with Crippen LogP contribution in [0, 0.1) is 6.92 Å². The Bertz CT molecular complexity index is 625. The predicted octanol–water partition coefficient (Wildman–Crippen LogP) is 4.48. The van der Waals surface area contributed by atoms with E-state index in [1.54, 1.807) is 6.92 Å². The van der Waals surface area contributed by atoms with Crippen LogP contribution in [-0.2, 0) is 0 Å². The van der Waals surface area contributed by atoms with Crippen molar-refractivity contribution in [2.24, 2.45) is 0 Å². The summed E-state index contributed by atoms with van der Waals surface area (Å²) in [5.74, 6) is -0.0597. The lowest BCUT2D eigenvalue weighted by Crippen LogP contribution is -1.79. The van der Waals surface area contributed by atoms with Crippen LogP contribution in [0.15, 0.2) is 54.2 Å². The first-order chi connectivity index (χ1) is 9.13. The van der Waals surface area contributed by atoms with Gasteiger partial charge in [0.25, 0.3) is 0 Å². The molecular weight excluding hydrogens is 256 g/mol. The third-order valence-electron chi connectivity index (χ3n) is 2.78. The van der Waals surface area contributed by atoms with E-state index in [0.29, 0.717) is 4.88 Å². The Kier molecular flexibility index (Phi) is 4.07. The van der Waals surface area contributed by atoms with Crippen LogP contribution in [0.3, 0.4) is 0 Å². The van der Waals surface area contributed by atoms with Crippen LogP contribution in [0.1, 0.15) is 16.7 Å². The summed E-state index contributed by atoms with van der Waals surface area (Å²) in [7, 11) is 0. The van der Waals surface area contributed by atoms with E-state index in [1.807, 2.05) is 55.5 Å². The fraction of sp³-hybridized carbons (Fsp3) is 0.125. The van der Waals surface area contributed by atoms with Gasteiger partial charge >= 0.3 is 0 Å². The van der Waals surface area contributed by atoms with Crippen molar-refractivity contribution in [3.05, 3.63) is 63.9 Å². The quantitative estimate of drug-likeness (QED) is 0.833. The average molecular weight is 272 g/mol. The topological polar surface area (TPSA) is 40.5 Å². The Hall–Kier alpha value is -2.00. The van der Waals surface area contributed by atoms with Gasteiger partial charge < -0.3 is 10.2 Å². The van der Waals surface area contributed by atoms with E-state index in [2.05, 4.69) is 0 Å². The van der Waals surface area contributed by atoms with Gasteiger partial charge in [0.05, 0.1) is 4.88 Å². The monoisotopic (exact) mass is 272 g/mol. The maximum Gasteiger partial charge on any atom is 0.176 e. The summed E-state index contributed by atoms with van der Waals surface area (Å²) >= 11 is 1.39. The fourth-order valence-corrected chi connectivity index (χ4v) is 2.76. The van der Waals surface area contributed by atoms with E-state index >= 15 is 0 Å². The van der Waals surface area contributed by atoms with Gasteiger partial charge in [0.2, 0.25) is 0 Å². The summed E-state index contributed by atoms with van der Waals surface area (Å²) in [5, 5.41) is 19.6. The van der Waals surface area contributed by atoms with Crippen molar-refractivity contribution >= 4 is 16.9 Å². The molecule has 0 radical (unpaired) electrons. The lowest BCUT2D eigenvalue weighted by molar-refractivity contribution is 0.405. The highest BCUT2D eigenvalue weighted by Crippen LogP contribution is 2.43. The number of rotatable bonds is 2. The zero-order valence-corrected chi connectivity index (χ0v) is 11.7. The molecule has 0 aliphatic heterocycles. The van der Waals surface area contributed by atoms with Crippen LogP contribution in [0.4, 0.5) is 0 Å². The minimum Gasteiger partial charge on any atom is -0.503 e. The second-order valence-electron chi connectivity index (χ2n) is 4.19. The molecule has 0 aromatic carbocycles. The van der Waals surface area contributed by atoms with E-state index in [0.717, 1.165) is 16.0 Å². The third kappa shape index (κ3) is 2.88. The molecular formula is C16H16O2S. The molecule has 1 aliphatic carbocycles. The van der Waals surface area contributed by atoms with Gasteiger partial charge in [0.15, 0.2) is 11.5 Å². The lowest BCUT2D eigenvalue weighted by atomic mass is 10.1. The van der Waals surface area contributed by atoms with Gasteiger partial charge in [-0.1, -0.05) is 48.6 Å². The van der Waals surface area contributed by atoms with E-state index in [-0.39, 0.29) is 11.5 Å². The molecule has 0 saturated carbocycles. The first-order valence-electron chi connectivity index (χ1n) is 6.04. The summed E-state index contributed by atoms with van der Waals surface area (Å²) in [5.41, 5.74) is 2.00. The Morgan fingerprint density at radius 1 is 1.05 bits per heavy atom. The molecule has 0 amide bonds. The predicted molar refractivity (Wildman–Crippen MR) is 81.5 cm³/mol. The van der Waals surface area contributed by atoms with E-state index in [4.69, 9.17) is 0 Å². The molecule has 2 nitrogen and oxygen atoms in total. The van der Waals surface area contributed by atoms with Gasteiger partial charge in [0, 0.05) is 4.88 Å². The second-order valence-corrected chi connectivity index (χ2v) is 5.42. The SMILES string of the molecule is C/C=C/C1=CC=CC(c2sc(C)c(O)c2O)=CC=C1. The number of hydrogen-bond donors (Lipinski definition) is 2. The van der Waals surface area contributed by atoms with Crippen molar-refractivity contribution in [3.8, 4) is 11.5 Å². The normalized spacial score (nSPS) is 15.3. The van der Waals surface area contributed by atoms with Crippen LogP contribution < -0.4 is 0 Å². The summed E-state index contributed by atoms with van der Waals surface area (Å²) in [4.78, 5) is 1.41. The average Bonchev–Trinajstić information content (AvgIpc) is 2.61. The van der Waals surface area contributed by atoms with Crippen molar-refractivity contribution in [1.82, 2.24) is 0 Å². The van der Waals surface area contributed by atoms with Crippen LogP contribution in [0.2, 0.25) is 0 Å². The van der Waals surface area contributed by atoms with Gasteiger partial charge in [-0.25, -0.2) is 0 Å². The molecule has 0 spiro atoms. The maximum atomic E-state index is 9.90. The molecule has 98 valence electrons. The van der Waals surface area contributed by atoms with Gasteiger partial charge in [-0.15, -0.1) is 11.3 Å². The number of aryl methyl sites for hydroxylation is 1. The fourth-order valence-electron chi connectivity index (χ4n) is 1.81. The molecule has 2 N–H and O–H groups in total.